The first-order valence-corrected chi connectivity index (χ1v) is 12.1. The van der Waals surface area contributed by atoms with Crippen LogP contribution in [0.4, 0.5) is 0 Å². The number of hydrogen-bond acceptors (Lipinski definition) is 4. The molecule has 0 saturated heterocycles. The smallest absolute Gasteiger partial charge is 0.305 e. The van der Waals surface area contributed by atoms with Crippen molar-refractivity contribution in [1.29, 1.82) is 0 Å². The van der Waals surface area contributed by atoms with Crippen LogP contribution in [0.5, 0.6) is 0 Å². The lowest BCUT2D eigenvalue weighted by atomic mass is 9.43. The molecule has 4 saturated carbocycles. The fourth-order valence-corrected chi connectivity index (χ4v) is 8.82. The molecule has 4 rings (SSSR count). The number of rotatable bonds is 4. The second-order valence-electron chi connectivity index (χ2n) is 11.5. The highest BCUT2D eigenvalue weighted by Gasteiger charge is 2.62. The molecule has 0 aromatic heterocycles. The molecule has 4 aliphatic carbocycles. The number of carbonyl (C=O) groups excluding carboxylic acids is 1. The van der Waals surface area contributed by atoms with E-state index in [2.05, 4.69) is 20.8 Å². The highest BCUT2D eigenvalue weighted by atomic mass is 16.5. The molecule has 4 heteroatoms. The Bertz CT molecular complexity index is 620. The molecule has 29 heavy (non-hydrogen) atoms. The average molecular weight is 407 g/mol. The summed E-state index contributed by atoms with van der Waals surface area (Å²) >= 11 is 0. The zero-order valence-electron chi connectivity index (χ0n) is 18.9. The predicted octanol–water partition coefficient (Wildman–Crippen LogP) is 4.57. The summed E-state index contributed by atoms with van der Waals surface area (Å²) in [4.78, 5) is 11.6. The number of carbonyl (C=O) groups is 1. The van der Waals surface area contributed by atoms with Gasteiger partial charge < -0.3 is 14.9 Å². The van der Waals surface area contributed by atoms with Crippen molar-refractivity contribution in [1.82, 2.24) is 0 Å². The number of hydrogen-bond donors (Lipinski definition) is 2. The largest absolute Gasteiger partial charge is 0.469 e. The molecule has 4 nitrogen and oxygen atoms in total. The molecule has 10 atom stereocenters. The Morgan fingerprint density at radius 3 is 2.45 bits per heavy atom. The van der Waals surface area contributed by atoms with Crippen LogP contribution in [0.15, 0.2) is 0 Å². The van der Waals surface area contributed by atoms with Gasteiger partial charge in [0.2, 0.25) is 0 Å². The molecule has 1 unspecified atom stereocenters. The van der Waals surface area contributed by atoms with Gasteiger partial charge in [0.25, 0.3) is 0 Å². The zero-order valence-corrected chi connectivity index (χ0v) is 18.9. The van der Waals surface area contributed by atoms with Crippen molar-refractivity contribution in [2.45, 2.75) is 97.2 Å². The first-order valence-electron chi connectivity index (χ1n) is 12.1. The van der Waals surface area contributed by atoms with Gasteiger partial charge in [-0.25, -0.2) is 0 Å². The summed E-state index contributed by atoms with van der Waals surface area (Å²) in [6, 6.07) is 0. The lowest BCUT2D eigenvalue weighted by Crippen LogP contribution is -2.58. The van der Waals surface area contributed by atoms with Crippen LogP contribution in [0.3, 0.4) is 0 Å². The summed E-state index contributed by atoms with van der Waals surface area (Å²) in [7, 11) is 1.48. The van der Waals surface area contributed by atoms with E-state index in [1.165, 1.54) is 32.8 Å². The molecular weight excluding hydrogens is 364 g/mol. The van der Waals surface area contributed by atoms with Gasteiger partial charge in [0.05, 0.1) is 19.3 Å². The second-order valence-corrected chi connectivity index (χ2v) is 11.5. The highest BCUT2D eigenvalue weighted by Crippen LogP contribution is 2.68. The third kappa shape index (κ3) is 3.46. The standard InChI is InChI=1S/C25H42O4/c1-15(5-8-22(28)29-4)18-6-7-19-23-20(10-12-25(18,19)3)24(2)11-9-17(26)13-16(24)14-21(23)27/h15-21,23,26-27H,5-14H2,1-4H3/t15-,16+,17-,18?,19+,20+,21-,23+,24+,25-/m1/s1. The van der Waals surface area contributed by atoms with E-state index in [-0.39, 0.29) is 23.6 Å². The number of fused-ring (bicyclic) bond motifs is 5. The van der Waals surface area contributed by atoms with E-state index in [1.54, 1.807) is 0 Å². The summed E-state index contributed by atoms with van der Waals surface area (Å²) < 4.78 is 4.86. The van der Waals surface area contributed by atoms with Crippen LogP contribution >= 0.6 is 0 Å². The fourth-order valence-electron chi connectivity index (χ4n) is 8.82. The number of aliphatic hydroxyl groups is 2. The summed E-state index contributed by atoms with van der Waals surface area (Å²) in [5.74, 6) is 3.17. The SMILES string of the molecule is COC(=O)CC[C@@H](C)C1CC[C@H]2[C@@H]3[C@H](O)C[C@@H]4C[C@H](O)CC[C@]4(C)[C@H]3CC[C@]12C. The van der Waals surface area contributed by atoms with Gasteiger partial charge in [0.15, 0.2) is 0 Å². The monoisotopic (exact) mass is 406 g/mol. The minimum Gasteiger partial charge on any atom is -0.469 e. The predicted molar refractivity (Wildman–Crippen MR) is 113 cm³/mol. The Morgan fingerprint density at radius 2 is 1.72 bits per heavy atom. The third-order valence-corrected chi connectivity index (χ3v) is 10.4. The Labute approximate surface area is 176 Å². The molecule has 0 aliphatic heterocycles. The summed E-state index contributed by atoms with van der Waals surface area (Å²) in [5, 5.41) is 21.5. The number of ether oxygens (including phenoxy) is 1. The Hall–Kier alpha value is -0.610. The van der Waals surface area contributed by atoms with Gasteiger partial charge in [0.1, 0.15) is 0 Å². The van der Waals surface area contributed by atoms with E-state index in [4.69, 9.17) is 4.74 Å². The molecule has 2 N–H and O–H groups in total. The normalized spacial score (nSPS) is 50.2. The van der Waals surface area contributed by atoms with Crippen molar-refractivity contribution in [3.63, 3.8) is 0 Å². The van der Waals surface area contributed by atoms with Gasteiger partial charge >= 0.3 is 5.97 Å². The maximum Gasteiger partial charge on any atom is 0.305 e. The maximum atomic E-state index is 11.6. The molecule has 0 amide bonds. The lowest BCUT2D eigenvalue weighted by molar-refractivity contribution is -0.174. The van der Waals surface area contributed by atoms with E-state index < -0.39 is 0 Å². The van der Waals surface area contributed by atoms with Gasteiger partial charge in [0, 0.05) is 6.42 Å². The number of esters is 1. The average Bonchev–Trinajstić information content (AvgIpc) is 3.04. The van der Waals surface area contributed by atoms with Crippen molar-refractivity contribution in [2.24, 2.45) is 46.3 Å². The molecule has 4 aliphatic rings. The molecule has 166 valence electrons. The summed E-state index contributed by atoms with van der Waals surface area (Å²) in [6.45, 7) is 7.29. The molecule has 0 spiro atoms. The molecule has 0 aromatic rings. The van der Waals surface area contributed by atoms with Crippen LogP contribution in [0.1, 0.15) is 85.0 Å². The van der Waals surface area contributed by atoms with E-state index in [0.29, 0.717) is 47.3 Å². The van der Waals surface area contributed by atoms with Gasteiger partial charge in [-0.2, -0.15) is 0 Å². The maximum absolute atomic E-state index is 11.6. The molecule has 0 heterocycles. The van der Waals surface area contributed by atoms with Crippen molar-refractivity contribution in [2.75, 3.05) is 7.11 Å². The fraction of sp³-hybridized carbons (Fsp3) is 0.960. The third-order valence-electron chi connectivity index (χ3n) is 10.4. The van der Waals surface area contributed by atoms with E-state index in [0.717, 1.165) is 32.1 Å². The van der Waals surface area contributed by atoms with Crippen molar-refractivity contribution in [3.8, 4) is 0 Å². The highest BCUT2D eigenvalue weighted by molar-refractivity contribution is 5.69. The van der Waals surface area contributed by atoms with E-state index in [9.17, 15) is 15.0 Å². The molecule has 0 bridgehead atoms. The van der Waals surface area contributed by atoms with Gasteiger partial charge in [-0.1, -0.05) is 20.8 Å². The second kappa shape index (κ2) is 7.82. The van der Waals surface area contributed by atoms with Gasteiger partial charge in [-0.15, -0.1) is 0 Å². The van der Waals surface area contributed by atoms with Crippen LogP contribution < -0.4 is 0 Å². The molecular formula is C25H42O4. The van der Waals surface area contributed by atoms with Crippen LogP contribution in [0.2, 0.25) is 0 Å². The van der Waals surface area contributed by atoms with Crippen LogP contribution in [0.25, 0.3) is 0 Å². The van der Waals surface area contributed by atoms with Crippen LogP contribution in [-0.4, -0.2) is 35.5 Å². The summed E-state index contributed by atoms with van der Waals surface area (Å²) in [6.07, 6.45) is 9.80. The van der Waals surface area contributed by atoms with Gasteiger partial charge in [-0.05, 0) is 104 Å². The lowest BCUT2D eigenvalue weighted by Gasteiger charge is -2.62. The van der Waals surface area contributed by atoms with E-state index >= 15 is 0 Å². The molecule has 0 aromatic carbocycles. The first kappa shape index (κ1) is 21.6. The molecule has 0 radical (unpaired) electrons. The minimum atomic E-state index is -0.211. The Morgan fingerprint density at radius 1 is 1.03 bits per heavy atom. The van der Waals surface area contributed by atoms with Gasteiger partial charge in [-0.3, -0.25) is 4.79 Å². The quantitative estimate of drug-likeness (QED) is 0.671. The van der Waals surface area contributed by atoms with Crippen LogP contribution in [-0.2, 0) is 9.53 Å². The van der Waals surface area contributed by atoms with Crippen molar-refractivity contribution >= 4 is 5.97 Å². The van der Waals surface area contributed by atoms with Crippen LogP contribution in [0, 0.1) is 46.3 Å². The van der Waals surface area contributed by atoms with Crippen molar-refractivity contribution in [3.05, 3.63) is 0 Å². The zero-order chi connectivity index (χ0) is 21.0. The molecule has 4 fully saturated rings. The number of aliphatic hydroxyl groups excluding tert-OH is 2. The first-order chi connectivity index (χ1) is 13.7. The van der Waals surface area contributed by atoms with E-state index in [1.807, 2.05) is 0 Å². The number of methoxy groups -OCH3 is 1. The Kier molecular flexibility index (Phi) is 5.83. The topological polar surface area (TPSA) is 66.8 Å². The summed E-state index contributed by atoms with van der Waals surface area (Å²) in [5.41, 5.74) is 0.577. The minimum absolute atomic E-state index is 0.0959. The Balaban J connectivity index is 1.53. The van der Waals surface area contributed by atoms with Crippen molar-refractivity contribution < 1.29 is 19.7 Å².